The molecule has 2 aromatic carbocycles. The lowest BCUT2D eigenvalue weighted by molar-refractivity contribution is -0.161. The Labute approximate surface area is 188 Å². The van der Waals surface area contributed by atoms with Gasteiger partial charge in [0.1, 0.15) is 28.2 Å². The molecule has 0 saturated heterocycles. The van der Waals surface area contributed by atoms with Crippen LogP contribution in [0, 0.1) is 6.92 Å². The van der Waals surface area contributed by atoms with Crippen LogP contribution in [0.4, 0.5) is 0 Å². The Kier molecular flexibility index (Phi) is 8.03. The van der Waals surface area contributed by atoms with Gasteiger partial charge in [0.15, 0.2) is 0 Å². The lowest BCUT2D eigenvalue weighted by Gasteiger charge is -2.26. The third-order valence-electron chi connectivity index (χ3n) is 4.33. The fourth-order valence-corrected chi connectivity index (χ4v) is 3.77. The fourth-order valence-electron chi connectivity index (χ4n) is 2.84. The van der Waals surface area contributed by atoms with Crippen LogP contribution in [0.25, 0.3) is 0 Å². The van der Waals surface area contributed by atoms with Crippen LogP contribution in [0.5, 0.6) is 5.75 Å². The molecule has 0 heterocycles. The molecule has 2 N–H and O–H groups in total. The molecule has 0 amide bonds. The molecule has 0 saturated carbocycles. The maximum atomic E-state index is 12.5. The lowest BCUT2D eigenvalue weighted by Crippen LogP contribution is -2.44. The summed E-state index contributed by atoms with van der Waals surface area (Å²) < 4.78 is 40.5. The molecule has 8 nitrogen and oxygen atoms in total. The summed E-state index contributed by atoms with van der Waals surface area (Å²) in [6, 6.07) is 10.6. The molecular formula is C23H29NO7S. The Morgan fingerprint density at radius 3 is 2.03 bits per heavy atom. The number of ether oxygens (including phenoxy) is 2. The third-order valence-corrected chi connectivity index (χ3v) is 5.59. The van der Waals surface area contributed by atoms with E-state index in [0.717, 1.165) is 5.56 Å². The first-order chi connectivity index (χ1) is 14.8. The summed E-state index contributed by atoms with van der Waals surface area (Å²) in [5, 5.41) is 0. The topological polar surface area (TPSA) is 122 Å². The number of rotatable bonds is 8. The second kappa shape index (κ2) is 10.1. The van der Waals surface area contributed by atoms with Crippen molar-refractivity contribution in [3.05, 3.63) is 59.7 Å². The summed E-state index contributed by atoms with van der Waals surface area (Å²) in [6.45, 7) is 8.66. The van der Waals surface area contributed by atoms with Gasteiger partial charge in [0.05, 0.1) is 6.61 Å². The lowest BCUT2D eigenvalue weighted by atomic mass is 9.91. The standard InChI is InChI=1S/C23H29NO7S/c1-6-29-21(25)19(20(24)22(26)30-23(3,4)5)16-9-11-17(12-10-16)31-32(27,28)18-13-7-15(2)8-14-18/h7-14,19-20H,6,24H2,1-5H3. The van der Waals surface area contributed by atoms with Gasteiger partial charge >= 0.3 is 22.1 Å². The average Bonchev–Trinajstić information content (AvgIpc) is 2.68. The summed E-state index contributed by atoms with van der Waals surface area (Å²) in [4.78, 5) is 25.0. The average molecular weight is 464 g/mol. The Bertz CT molecular complexity index is 1040. The Morgan fingerprint density at radius 2 is 1.53 bits per heavy atom. The van der Waals surface area contributed by atoms with E-state index in [0.29, 0.717) is 5.56 Å². The highest BCUT2D eigenvalue weighted by molar-refractivity contribution is 7.87. The van der Waals surface area contributed by atoms with Crippen molar-refractivity contribution in [2.75, 3.05) is 6.61 Å². The first kappa shape index (κ1) is 25.4. The van der Waals surface area contributed by atoms with E-state index in [9.17, 15) is 18.0 Å². The van der Waals surface area contributed by atoms with Crippen LogP contribution in [0.1, 0.15) is 44.7 Å². The van der Waals surface area contributed by atoms with E-state index in [1.807, 2.05) is 6.92 Å². The van der Waals surface area contributed by atoms with Crippen molar-refractivity contribution in [1.29, 1.82) is 0 Å². The van der Waals surface area contributed by atoms with Crippen molar-refractivity contribution in [3.63, 3.8) is 0 Å². The molecule has 0 bridgehead atoms. The van der Waals surface area contributed by atoms with Gasteiger partial charge in [-0.3, -0.25) is 9.59 Å². The Hall–Kier alpha value is -2.91. The number of carbonyl (C=O) groups excluding carboxylic acids is 2. The molecular weight excluding hydrogens is 434 g/mol. The quantitative estimate of drug-likeness (QED) is 0.468. The molecule has 2 unspecified atom stereocenters. The highest BCUT2D eigenvalue weighted by Crippen LogP contribution is 2.26. The van der Waals surface area contributed by atoms with Crippen LogP contribution in [0.3, 0.4) is 0 Å². The summed E-state index contributed by atoms with van der Waals surface area (Å²) in [7, 11) is -4.03. The number of hydrogen-bond acceptors (Lipinski definition) is 8. The summed E-state index contributed by atoms with van der Waals surface area (Å²) >= 11 is 0. The van der Waals surface area contributed by atoms with E-state index in [-0.39, 0.29) is 17.3 Å². The van der Waals surface area contributed by atoms with Gasteiger partial charge in [0.2, 0.25) is 0 Å². The van der Waals surface area contributed by atoms with Crippen LogP contribution < -0.4 is 9.92 Å². The molecule has 32 heavy (non-hydrogen) atoms. The highest BCUT2D eigenvalue weighted by atomic mass is 32.2. The number of benzene rings is 2. The summed E-state index contributed by atoms with van der Waals surface area (Å²) in [5.41, 5.74) is 6.55. The van der Waals surface area contributed by atoms with Crippen LogP contribution in [-0.4, -0.2) is 38.6 Å². The van der Waals surface area contributed by atoms with Crippen molar-refractivity contribution in [2.45, 2.75) is 57.1 Å². The molecule has 0 aliphatic rings. The molecule has 2 aromatic rings. The van der Waals surface area contributed by atoms with E-state index in [1.165, 1.54) is 36.4 Å². The smallest absolute Gasteiger partial charge is 0.339 e. The molecule has 9 heteroatoms. The van der Waals surface area contributed by atoms with Crippen molar-refractivity contribution in [1.82, 2.24) is 0 Å². The van der Waals surface area contributed by atoms with Gasteiger partial charge in [-0.2, -0.15) is 8.42 Å². The molecule has 0 aromatic heterocycles. The summed E-state index contributed by atoms with van der Waals surface area (Å²) in [5.74, 6) is -2.53. The van der Waals surface area contributed by atoms with Crippen LogP contribution in [0.2, 0.25) is 0 Å². The van der Waals surface area contributed by atoms with Gasteiger partial charge in [-0.15, -0.1) is 0 Å². The van der Waals surface area contributed by atoms with Gasteiger partial charge in [-0.25, -0.2) is 0 Å². The molecule has 0 fully saturated rings. The maximum absolute atomic E-state index is 12.5. The van der Waals surface area contributed by atoms with Crippen LogP contribution >= 0.6 is 0 Å². The zero-order chi connectivity index (χ0) is 24.1. The first-order valence-corrected chi connectivity index (χ1v) is 11.5. The van der Waals surface area contributed by atoms with Crippen LogP contribution in [-0.2, 0) is 29.2 Å². The molecule has 0 radical (unpaired) electrons. The van der Waals surface area contributed by atoms with Crippen molar-refractivity contribution >= 4 is 22.1 Å². The Balaban J connectivity index is 2.27. The number of nitrogens with two attached hydrogens (primary N) is 1. The van der Waals surface area contributed by atoms with Crippen molar-refractivity contribution in [2.24, 2.45) is 5.73 Å². The van der Waals surface area contributed by atoms with Gasteiger partial charge in [0.25, 0.3) is 0 Å². The number of hydrogen-bond donors (Lipinski definition) is 1. The van der Waals surface area contributed by atoms with E-state index in [2.05, 4.69) is 0 Å². The SMILES string of the molecule is CCOC(=O)C(c1ccc(OS(=O)(=O)c2ccc(C)cc2)cc1)C(N)C(=O)OC(C)(C)C. The van der Waals surface area contributed by atoms with Crippen LogP contribution in [0.15, 0.2) is 53.4 Å². The zero-order valence-corrected chi connectivity index (χ0v) is 19.6. The summed E-state index contributed by atoms with van der Waals surface area (Å²) in [6.07, 6.45) is 0. The van der Waals surface area contributed by atoms with Gasteiger partial charge in [-0.05, 0) is 64.4 Å². The van der Waals surface area contributed by atoms with Crippen molar-refractivity contribution < 1.29 is 31.7 Å². The Morgan fingerprint density at radius 1 is 0.969 bits per heavy atom. The zero-order valence-electron chi connectivity index (χ0n) is 18.8. The predicted octanol–water partition coefficient (Wildman–Crippen LogP) is 3.08. The van der Waals surface area contributed by atoms with E-state index < -0.39 is 39.6 Å². The van der Waals surface area contributed by atoms with Crippen molar-refractivity contribution in [3.8, 4) is 5.75 Å². The largest absolute Gasteiger partial charge is 0.465 e. The first-order valence-electron chi connectivity index (χ1n) is 10.1. The third kappa shape index (κ3) is 6.80. The predicted molar refractivity (Wildman–Crippen MR) is 119 cm³/mol. The monoisotopic (exact) mass is 463 g/mol. The fraction of sp³-hybridized carbons (Fsp3) is 0.391. The van der Waals surface area contributed by atoms with E-state index >= 15 is 0 Å². The van der Waals surface area contributed by atoms with Gasteiger partial charge in [-0.1, -0.05) is 29.8 Å². The highest BCUT2D eigenvalue weighted by Gasteiger charge is 2.36. The normalized spacial score (nSPS) is 13.7. The second-order valence-electron chi connectivity index (χ2n) is 8.21. The molecule has 0 spiro atoms. The molecule has 0 aliphatic carbocycles. The maximum Gasteiger partial charge on any atom is 0.339 e. The van der Waals surface area contributed by atoms with E-state index in [4.69, 9.17) is 19.4 Å². The molecule has 0 aliphatic heterocycles. The van der Waals surface area contributed by atoms with E-state index in [1.54, 1.807) is 39.8 Å². The minimum atomic E-state index is -4.03. The second-order valence-corrected chi connectivity index (χ2v) is 9.75. The molecule has 174 valence electrons. The number of aryl methyl sites for hydroxylation is 1. The van der Waals surface area contributed by atoms with Gasteiger partial charge in [0, 0.05) is 0 Å². The molecule has 2 rings (SSSR count). The minimum absolute atomic E-state index is 0.0172. The molecule has 2 atom stereocenters. The number of esters is 2. The number of carbonyl (C=O) groups is 2. The van der Waals surface area contributed by atoms with Gasteiger partial charge < -0.3 is 19.4 Å². The minimum Gasteiger partial charge on any atom is -0.465 e.